The van der Waals surface area contributed by atoms with Gasteiger partial charge in [-0.2, -0.15) is 0 Å². The number of hydrogen-bond donors (Lipinski definition) is 3. The van der Waals surface area contributed by atoms with Crippen molar-refractivity contribution in [3.05, 3.63) is 82.2 Å². The lowest BCUT2D eigenvalue weighted by atomic mass is 9.96. The molecule has 1 heterocycles. The monoisotopic (exact) mass is 496 g/mol. The first-order valence-electron chi connectivity index (χ1n) is 12.1. The molecule has 2 aromatic rings. The topological polar surface area (TPSA) is 92.7 Å². The fourth-order valence-corrected chi connectivity index (χ4v) is 4.01. The zero-order chi connectivity index (χ0) is 26.1. The Balaban J connectivity index is 1.85. The van der Waals surface area contributed by atoms with Crippen molar-refractivity contribution >= 4 is 17.1 Å². The minimum Gasteiger partial charge on any atom is -0.494 e. The molecule has 36 heavy (non-hydrogen) atoms. The number of benzene rings is 2. The Labute approximate surface area is 211 Å². The van der Waals surface area contributed by atoms with Crippen LogP contribution in [-0.2, 0) is 11.3 Å². The number of para-hydroxylation sites is 1. The molecule has 0 aromatic heterocycles. The molecule has 0 spiro atoms. The summed E-state index contributed by atoms with van der Waals surface area (Å²) in [7, 11) is 1.67. The molecule has 1 aliphatic heterocycles. The molecular formula is C28H34F2N4O2. The first kappa shape index (κ1) is 27.1. The number of aliphatic imine (C=N–C) groups is 1. The van der Waals surface area contributed by atoms with Crippen LogP contribution < -0.4 is 15.8 Å². The Bertz CT molecular complexity index is 1160. The average Bonchev–Trinajstić information content (AvgIpc) is 3.02. The lowest BCUT2D eigenvalue weighted by molar-refractivity contribution is 0.195. The summed E-state index contributed by atoms with van der Waals surface area (Å²) in [5.74, 6) is -0.832. The van der Waals surface area contributed by atoms with Gasteiger partial charge in [-0.25, -0.2) is 13.8 Å². The Morgan fingerprint density at radius 2 is 1.89 bits per heavy atom. The first-order chi connectivity index (χ1) is 17.4. The van der Waals surface area contributed by atoms with Crippen LogP contribution in [0.25, 0.3) is 0 Å². The van der Waals surface area contributed by atoms with Gasteiger partial charge in [0.1, 0.15) is 23.2 Å². The molecule has 2 aromatic carbocycles. The molecule has 0 saturated heterocycles. The molecule has 0 unspecified atom stereocenters. The summed E-state index contributed by atoms with van der Waals surface area (Å²) in [5.41, 5.74) is 10.2. The molecule has 0 radical (unpaired) electrons. The molecule has 4 N–H and O–H groups in total. The average molecular weight is 497 g/mol. The first-order valence-corrected chi connectivity index (χ1v) is 12.1. The van der Waals surface area contributed by atoms with Crippen molar-refractivity contribution in [1.82, 2.24) is 0 Å². The minimum atomic E-state index is -0.691. The number of methoxy groups -OCH3 is 1. The molecule has 192 valence electrons. The Morgan fingerprint density at radius 3 is 2.56 bits per heavy atom. The van der Waals surface area contributed by atoms with Crippen LogP contribution in [0, 0.1) is 17.0 Å². The highest BCUT2D eigenvalue weighted by Crippen LogP contribution is 2.26. The zero-order valence-corrected chi connectivity index (χ0v) is 21.1. The van der Waals surface area contributed by atoms with Crippen LogP contribution in [0.2, 0.25) is 0 Å². The number of halogens is 2. The van der Waals surface area contributed by atoms with Gasteiger partial charge in [0.15, 0.2) is 0 Å². The van der Waals surface area contributed by atoms with E-state index in [2.05, 4.69) is 23.3 Å². The lowest BCUT2D eigenvalue weighted by Gasteiger charge is -2.16. The highest BCUT2D eigenvalue weighted by molar-refractivity contribution is 6.48. The smallest absolute Gasteiger partial charge is 0.134 e. The van der Waals surface area contributed by atoms with Crippen molar-refractivity contribution in [3.8, 4) is 5.75 Å². The van der Waals surface area contributed by atoms with Gasteiger partial charge in [0.2, 0.25) is 0 Å². The summed E-state index contributed by atoms with van der Waals surface area (Å²) in [6.07, 6.45) is 4.96. The number of allylic oxidation sites excluding steroid dienone is 3. The van der Waals surface area contributed by atoms with Crippen molar-refractivity contribution in [2.24, 2.45) is 10.7 Å². The van der Waals surface area contributed by atoms with E-state index in [1.54, 1.807) is 32.2 Å². The fraction of sp³-hybridized carbons (Fsp3) is 0.357. The van der Waals surface area contributed by atoms with E-state index >= 15 is 0 Å². The molecule has 0 atom stereocenters. The second-order valence-electron chi connectivity index (χ2n) is 8.47. The normalized spacial score (nSPS) is 13.7. The minimum absolute atomic E-state index is 0.0906. The van der Waals surface area contributed by atoms with Crippen molar-refractivity contribution in [3.63, 3.8) is 0 Å². The van der Waals surface area contributed by atoms with Crippen molar-refractivity contribution in [1.29, 1.82) is 5.41 Å². The molecule has 0 bridgehead atoms. The van der Waals surface area contributed by atoms with E-state index in [9.17, 15) is 8.78 Å². The second-order valence-corrected chi connectivity index (χ2v) is 8.47. The van der Waals surface area contributed by atoms with E-state index < -0.39 is 11.6 Å². The van der Waals surface area contributed by atoms with E-state index in [1.165, 1.54) is 12.1 Å². The standard InChI is InChI=1S/C28H34F2N4O2/c1-4-18-13-19(9-8-12-35-3)28(32)34-26(14-18)27(31)21-10-6-7-11-25(21)33-17-22-23(29)15-20(36-5-2)16-24(22)30/h6-7,10-11,13,15-16,31,33H,4-5,8-9,12,14,17,32H2,1-3H3. The van der Waals surface area contributed by atoms with Gasteiger partial charge in [-0.1, -0.05) is 36.8 Å². The van der Waals surface area contributed by atoms with E-state index in [4.69, 9.17) is 20.6 Å². The van der Waals surface area contributed by atoms with Crippen LogP contribution in [0.4, 0.5) is 14.5 Å². The number of ether oxygens (including phenoxy) is 2. The molecular weight excluding hydrogens is 462 g/mol. The third-order valence-electron chi connectivity index (χ3n) is 5.97. The maximum atomic E-state index is 14.6. The van der Waals surface area contributed by atoms with Gasteiger partial charge in [0, 0.05) is 55.6 Å². The summed E-state index contributed by atoms with van der Waals surface area (Å²) in [4.78, 5) is 4.62. The van der Waals surface area contributed by atoms with Gasteiger partial charge in [-0.3, -0.25) is 5.41 Å². The molecule has 0 amide bonds. The molecule has 0 saturated carbocycles. The van der Waals surface area contributed by atoms with Crippen molar-refractivity contribution in [2.45, 2.75) is 46.1 Å². The van der Waals surface area contributed by atoms with E-state index in [1.807, 2.05) is 6.07 Å². The number of nitrogens with zero attached hydrogens (tertiary/aromatic N) is 1. The fourth-order valence-electron chi connectivity index (χ4n) is 4.01. The van der Waals surface area contributed by atoms with Gasteiger partial charge in [0.25, 0.3) is 0 Å². The van der Waals surface area contributed by atoms with Crippen LogP contribution in [-0.4, -0.2) is 31.7 Å². The van der Waals surface area contributed by atoms with Gasteiger partial charge < -0.3 is 20.5 Å². The quantitative estimate of drug-likeness (QED) is 0.244. The summed E-state index contributed by atoms with van der Waals surface area (Å²) >= 11 is 0. The predicted molar refractivity (Wildman–Crippen MR) is 141 cm³/mol. The second kappa shape index (κ2) is 13.0. The summed E-state index contributed by atoms with van der Waals surface area (Å²) in [5, 5.41) is 12.0. The van der Waals surface area contributed by atoms with Crippen LogP contribution in [0.5, 0.6) is 5.75 Å². The van der Waals surface area contributed by atoms with Crippen LogP contribution in [0.3, 0.4) is 0 Å². The summed E-state index contributed by atoms with van der Waals surface area (Å²) < 4.78 is 39.5. The number of nitrogens with two attached hydrogens (primary N) is 1. The maximum Gasteiger partial charge on any atom is 0.134 e. The molecule has 3 rings (SSSR count). The Kier molecular flexibility index (Phi) is 9.76. The molecule has 0 aliphatic carbocycles. The summed E-state index contributed by atoms with van der Waals surface area (Å²) in [6, 6.07) is 9.54. The Hall–Kier alpha value is -3.52. The van der Waals surface area contributed by atoms with E-state index in [0.29, 0.717) is 42.4 Å². The predicted octanol–water partition coefficient (Wildman–Crippen LogP) is 6.12. The lowest BCUT2D eigenvalue weighted by Crippen LogP contribution is -2.18. The Morgan fingerprint density at radius 1 is 1.17 bits per heavy atom. The van der Waals surface area contributed by atoms with Crippen molar-refractivity contribution < 1.29 is 18.3 Å². The van der Waals surface area contributed by atoms with Crippen LogP contribution >= 0.6 is 0 Å². The molecule has 1 aliphatic rings. The van der Waals surface area contributed by atoms with Gasteiger partial charge in [0.05, 0.1) is 18.0 Å². The summed E-state index contributed by atoms with van der Waals surface area (Å²) in [6.45, 7) is 4.68. The van der Waals surface area contributed by atoms with Gasteiger partial charge in [-0.05, 0) is 37.8 Å². The molecule has 6 nitrogen and oxygen atoms in total. The molecule has 0 fully saturated rings. The maximum absolute atomic E-state index is 14.6. The zero-order valence-electron chi connectivity index (χ0n) is 21.1. The number of hydrogen-bond acceptors (Lipinski definition) is 6. The molecule has 8 heteroatoms. The largest absolute Gasteiger partial charge is 0.494 e. The van der Waals surface area contributed by atoms with Gasteiger partial charge in [-0.15, -0.1) is 0 Å². The highest BCUT2D eigenvalue weighted by atomic mass is 19.1. The third-order valence-corrected chi connectivity index (χ3v) is 5.97. The third kappa shape index (κ3) is 6.79. The van der Waals surface area contributed by atoms with E-state index in [-0.39, 0.29) is 23.6 Å². The number of anilines is 1. The number of rotatable bonds is 12. The SMILES string of the molecule is CCOc1cc(F)c(CNc2ccccc2C(=N)C2=NC(N)=C(CCCOC)C=C(CC)C2)c(F)c1. The van der Waals surface area contributed by atoms with Crippen molar-refractivity contribution in [2.75, 3.05) is 25.6 Å². The number of nitrogens with one attached hydrogen (secondary N) is 2. The van der Waals surface area contributed by atoms with Crippen LogP contribution in [0.1, 0.15) is 50.7 Å². The van der Waals surface area contributed by atoms with Crippen LogP contribution in [0.15, 0.2) is 64.4 Å². The van der Waals surface area contributed by atoms with Gasteiger partial charge >= 0.3 is 0 Å². The highest BCUT2D eigenvalue weighted by Gasteiger charge is 2.19. The van der Waals surface area contributed by atoms with E-state index in [0.717, 1.165) is 30.4 Å².